The van der Waals surface area contributed by atoms with E-state index >= 15 is 0 Å². The molecule has 174 valence electrons. The lowest BCUT2D eigenvalue weighted by atomic mass is 9.95. The second kappa shape index (κ2) is 8.74. The molecule has 1 aromatic rings. The summed E-state index contributed by atoms with van der Waals surface area (Å²) >= 11 is 1.40. The van der Waals surface area contributed by atoms with Crippen LogP contribution in [0.25, 0.3) is 0 Å². The summed E-state index contributed by atoms with van der Waals surface area (Å²) in [4.78, 5) is 51.4. The Kier molecular flexibility index (Phi) is 6.57. The van der Waals surface area contributed by atoms with Crippen LogP contribution in [0.4, 0.5) is 0 Å². The third-order valence-electron chi connectivity index (χ3n) is 5.41. The maximum atomic E-state index is 12.8. The van der Waals surface area contributed by atoms with E-state index in [-0.39, 0.29) is 5.91 Å². The minimum absolute atomic E-state index is 0.379. The van der Waals surface area contributed by atoms with Gasteiger partial charge in [0.15, 0.2) is 0 Å². The predicted molar refractivity (Wildman–Crippen MR) is 118 cm³/mol. The Labute approximate surface area is 191 Å². The summed E-state index contributed by atoms with van der Waals surface area (Å²) in [5.41, 5.74) is 5.94. The van der Waals surface area contributed by atoms with Gasteiger partial charge in [-0.25, -0.2) is 4.79 Å². The summed E-state index contributed by atoms with van der Waals surface area (Å²) < 4.78 is 9.47. The van der Waals surface area contributed by atoms with Crippen LogP contribution in [0.15, 0.2) is 30.3 Å². The minimum Gasteiger partial charge on any atom is -0.427 e. The van der Waals surface area contributed by atoms with Gasteiger partial charge in [-0.1, -0.05) is 30.3 Å². The SMILES string of the molecule is CC(C)(C)C(=O)OCOC(=O)[C@@H]1N2C(=O)[C@@H](NC(=O)C(N)c3ccccc3)[C@H]2SC1(C)C. The number of nitrogens with zero attached hydrogens (tertiary/aromatic N) is 1. The van der Waals surface area contributed by atoms with Gasteiger partial charge in [-0.3, -0.25) is 14.4 Å². The molecule has 2 aliphatic rings. The number of hydrogen-bond donors (Lipinski definition) is 2. The molecule has 2 heterocycles. The van der Waals surface area contributed by atoms with Gasteiger partial charge in [0.2, 0.25) is 18.6 Å². The minimum atomic E-state index is -0.907. The van der Waals surface area contributed by atoms with E-state index in [0.29, 0.717) is 5.56 Å². The number of rotatable bonds is 6. The lowest BCUT2D eigenvalue weighted by Crippen LogP contribution is -2.71. The lowest BCUT2D eigenvalue weighted by molar-refractivity contribution is -0.180. The molecule has 0 saturated carbocycles. The average molecular weight is 464 g/mol. The topological polar surface area (TPSA) is 128 Å². The van der Waals surface area contributed by atoms with Crippen LogP contribution in [0.3, 0.4) is 0 Å². The van der Waals surface area contributed by atoms with Crippen molar-refractivity contribution in [2.45, 2.75) is 62.9 Å². The molecule has 3 N–H and O–H groups in total. The van der Waals surface area contributed by atoms with Crippen molar-refractivity contribution in [3.63, 3.8) is 0 Å². The van der Waals surface area contributed by atoms with Crippen LogP contribution in [0.2, 0.25) is 0 Å². The molecule has 9 nitrogen and oxygen atoms in total. The summed E-state index contributed by atoms with van der Waals surface area (Å²) in [5, 5.41) is 2.29. The van der Waals surface area contributed by atoms with Gasteiger partial charge < -0.3 is 25.4 Å². The largest absolute Gasteiger partial charge is 0.427 e. The highest BCUT2D eigenvalue weighted by Gasteiger charge is 2.64. The normalized spacial score (nSPS) is 24.8. The molecule has 2 amide bonds. The maximum Gasteiger partial charge on any atom is 0.333 e. The highest BCUT2D eigenvalue weighted by molar-refractivity contribution is 8.01. The molecule has 1 unspecified atom stereocenters. The number of nitrogens with one attached hydrogen (secondary N) is 1. The van der Waals surface area contributed by atoms with Crippen molar-refractivity contribution < 1.29 is 28.7 Å². The van der Waals surface area contributed by atoms with Crippen LogP contribution >= 0.6 is 11.8 Å². The monoisotopic (exact) mass is 463 g/mol. The first-order valence-corrected chi connectivity index (χ1v) is 11.2. The highest BCUT2D eigenvalue weighted by atomic mass is 32.2. The van der Waals surface area contributed by atoms with Crippen LogP contribution in [0.1, 0.15) is 46.2 Å². The fourth-order valence-electron chi connectivity index (χ4n) is 3.62. The van der Waals surface area contributed by atoms with Crippen LogP contribution in [-0.4, -0.2) is 57.7 Å². The van der Waals surface area contributed by atoms with Crippen molar-refractivity contribution in [2.24, 2.45) is 11.1 Å². The van der Waals surface area contributed by atoms with Gasteiger partial charge in [-0.2, -0.15) is 0 Å². The van der Waals surface area contributed by atoms with Gasteiger partial charge >= 0.3 is 11.9 Å². The number of hydrogen-bond acceptors (Lipinski definition) is 8. The molecule has 3 rings (SSSR count). The number of thioether (sulfide) groups is 1. The number of benzene rings is 1. The number of fused-ring (bicyclic) bond motifs is 1. The number of nitrogens with two attached hydrogens (primary N) is 1. The molecule has 2 fully saturated rings. The second-order valence-electron chi connectivity index (χ2n) is 9.40. The van der Waals surface area contributed by atoms with Crippen LogP contribution < -0.4 is 11.1 Å². The van der Waals surface area contributed by atoms with E-state index in [2.05, 4.69) is 5.32 Å². The zero-order chi connectivity index (χ0) is 23.8. The van der Waals surface area contributed by atoms with E-state index < -0.39 is 58.3 Å². The third-order valence-corrected chi connectivity index (χ3v) is 6.98. The van der Waals surface area contributed by atoms with E-state index in [9.17, 15) is 19.2 Å². The Morgan fingerprint density at radius 2 is 1.81 bits per heavy atom. The zero-order valence-electron chi connectivity index (χ0n) is 18.8. The number of ether oxygens (including phenoxy) is 2. The van der Waals surface area contributed by atoms with Crippen LogP contribution in [0.5, 0.6) is 0 Å². The Morgan fingerprint density at radius 3 is 2.41 bits per heavy atom. The number of β-lactam (4-membered cyclic amide) rings is 1. The second-order valence-corrected chi connectivity index (χ2v) is 11.2. The van der Waals surface area contributed by atoms with E-state index in [1.807, 2.05) is 19.9 Å². The Bertz CT molecular complexity index is 914. The molecule has 4 atom stereocenters. The quantitative estimate of drug-likeness (QED) is 0.367. The molecule has 10 heteroatoms. The third kappa shape index (κ3) is 4.61. The molecular formula is C22H29N3O6S. The van der Waals surface area contributed by atoms with Crippen molar-refractivity contribution in [1.82, 2.24) is 10.2 Å². The van der Waals surface area contributed by atoms with Gasteiger partial charge in [0.05, 0.1) is 5.41 Å². The van der Waals surface area contributed by atoms with E-state index in [0.717, 1.165) is 0 Å². The summed E-state index contributed by atoms with van der Waals surface area (Å²) in [5.74, 6) is -2.00. The molecule has 0 radical (unpaired) electrons. The number of carbonyl (C=O) groups excluding carboxylic acids is 4. The molecule has 0 aliphatic carbocycles. The molecule has 0 aromatic heterocycles. The maximum absolute atomic E-state index is 12.8. The highest BCUT2D eigenvalue weighted by Crippen LogP contribution is 2.51. The van der Waals surface area contributed by atoms with Crippen molar-refractivity contribution in [1.29, 1.82) is 0 Å². The molecule has 1 aromatic carbocycles. The first-order chi connectivity index (χ1) is 14.8. The molecule has 32 heavy (non-hydrogen) atoms. The molecule has 0 bridgehead atoms. The summed E-state index contributed by atoms with van der Waals surface area (Å²) in [7, 11) is 0. The van der Waals surface area contributed by atoms with E-state index in [1.54, 1.807) is 45.0 Å². The van der Waals surface area contributed by atoms with Crippen LogP contribution in [-0.2, 0) is 28.7 Å². The first kappa shape index (κ1) is 24.1. The van der Waals surface area contributed by atoms with Gasteiger partial charge in [0.25, 0.3) is 0 Å². The van der Waals surface area contributed by atoms with Gasteiger partial charge in [-0.05, 0) is 40.2 Å². The fraction of sp³-hybridized carbons (Fsp3) is 0.545. The van der Waals surface area contributed by atoms with Crippen molar-refractivity contribution in [2.75, 3.05) is 6.79 Å². The Balaban J connectivity index is 1.61. The number of carbonyl (C=O) groups is 4. The lowest BCUT2D eigenvalue weighted by Gasteiger charge is -2.44. The van der Waals surface area contributed by atoms with Crippen molar-refractivity contribution >= 4 is 35.5 Å². The first-order valence-electron chi connectivity index (χ1n) is 10.3. The number of esters is 2. The summed E-state index contributed by atoms with van der Waals surface area (Å²) in [6.07, 6.45) is 0. The Hall–Kier alpha value is -2.59. The van der Waals surface area contributed by atoms with Crippen molar-refractivity contribution in [3.8, 4) is 0 Å². The zero-order valence-corrected chi connectivity index (χ0v) is 19.6. The fourth-order valence-corrected chi connectivity index (χ4v) is 5.24. The predicted octanol–water partition coefficient (Wildman–Crippen LogP) is 1.32. The van der Waals surface area contributed by atoms with Gasteiger partial charge in [0.1, 0.15) is 23.5 Å². The van der Waals surface area contributed by atoms with E-state index in [1.165, 1.54) is 16.7 Å². The number of amides is 2. The molecule has 2 saturated heterocycles. The average Bonchev–Trinajstić information content (AvgIpc) is 2.98. The Morgan fingerprint density at radius 1 is 1.19 bits per heavy atom. The van der Waals surface area contributed by atoms with Gasteiger partial charge in [0, 0.05) is 4.75 Å². The standard InChI is InChI=1S/C22H29N3O6S/c1-21(2,3)20(29)31-11-30-19(28)15-22(4,5)32-18-14(17(27)25(15)18)24-16(26)13(23)12-9-7-6-8-10-12/h6-10,13-15,18H,11,23H2,1-5H3,(H,24,26)/t13?,14-,15+,18-/m1/s1. The van der Waals surface area contributed by atoms with Crippen LogP contribution in [0, 0.1) is 5.41 Å². The smallest absolute Gasteiger partial charge is 0.333 e. The summed E-state index contributed by atoms with van der Waals surface area (Å²) in [6, 6.07) is 6.31. The molecule has 2 aliphatic heterocycles. The molecular weight excluding hydrogens is 434 g/mol. The summed E-state index contributed by atoms with van der Waals surface area (Å²) in [6.45, 7) is 8.20. The van der Waals surface area contributed by atoms with Crippen molar-refractivity contribution in [3.05, 3.63) is 35.9 Å². The van der Waals surface area contributed by atoms with Gasteiger partial charge in [-0.15, -0.1) is 11.8 Å². The van der Waals surface area contributed by atoms with E-state index in [4.69, 9.17) is 15.2 Å². The molecule has 0 spiro atoms.